The summed E-state index contributed by atoms with van der Waals surface area (Å²) < 4.78 is 37.5. The third-order valence-corrected chi connectivity index (χ3v) is 3.15. The minimum atomic E-state index is -4.15. The van der Waals surface area contributed by atoms with Crippen LogP contribution in [0.2, 0.25) is 0 Å². The molecule has 0 radical (unpaired) electrons. The highest BCUT2D eigenvalue weighted by Crippen LogP contribution is 2.27. The van der Waals surface area contributed by atoms with Crippen LogP contribution in [0.25, 0.3) is 0 Å². The summed E-state index contributed by atoms with van der Waals surface area (Å²) in [5.41, 5.74) is -4.15. The number of alkyl halides is 3. The zero-order chi connectivity index (χ0) is 13.0. The molecule has 0 amide bonds. The molecule has 17 heavy (non-hydrogen) atoms. The fourth-order valence-corrected chi connectivity index (χ4v) is 2.05. The van der Waals surface area contributed by atoms with Crippen molar-refractivity contribution in [2.75, 3.05) is 6.54 Å². The molecule has 0 aliphatic heterocycles. The molecule has 0 aromatic rings. The minimum absolute atomic E-state index is 0.139. The van der Waals surface area contributed by atoms with Crippen LogP contribution in [0.5, 0.6) is 0 Å². The highest BCUT2D eigenvalue weighted by molar-refractivity contribution is 7.98. The van der Waals surface area contributed by atoms with Gasteiger partial charge in [-0.1, -0.05) is 58.3 Å². The van der Waals surface area contributed by atoms with Crippen molar-refractivity contribution in [3.63, 3.8) is 0 Å². The van der Waals surface area contributed by atoms with Crippen molar-refractivity contribution in [3.8, 4) is 0 Å². The van der Waals surface area contributed by atoms with Crippen molar-refractivity contribution in [1.29, 1.82) is 0 Å². The molecule has 5 heteroatoms. The third-order valence-electron chi connectivity index (χ3n) is 2.57. The normalized spacial score (nSPS) is 12.0. The van der Waals surface area contributed by atoms with Crippen molar-refractivity contribution in [2.24, 2.45) is 0 Å². The molecule has 0 saturated carbocycles. The van der Waals surface area contributed by atoms with E-state index in [4.69, 9.17) is 0 Å². The van der Waals surface area contributed by atoms with Crippen LogP contribution < -0.4 is 4.72 Å². The maximum Gasteiger partial charge on any atom is 0.456 e. The summed E-state index contributed by atoms with van der Waals surface area (Å²) in [7, 11) is 0. The lowest BCUT2D eigenvalue weighted by atomic mass is 10.1. The van der Waals surface area contributed by atoms with Gasteiger partial charge in [-0.05, 0) is 6.42 Å². The quantitative estimate of drug-likeness (QED) is 0.405. The van der Waals surface area contributed by atoms with E-state index in [9.17, 15) is 13.2 Å². The van der Waals surface area contributed by atoms with Gasteiger partial charge in [0.15, 0.2) is 0 Å². The van der Waals surface area contributed by atoms with E-state index in [1.165, 1.54) is 38.5 Å². The first kappa shape index (κ1) is 17.1. The summed E-state index contributed by atoms with van der Waals surface area (Å²) in [4.78, 5) is 0. The van der Waals surface area contributed by atoms with Crippen LogP contribution in [-0.4, -0.2) is 12.1 Å². The molecule has 0 heterocycles. The molecule has 0 atom stereocenters. The molecule has 1 N–H and O–H groups in total. The van der Waals surface area contributed by atoms with E-state index in [2.05, 4.69) is 11.6 Å². The fraction of sp³-hybridized carbons (Fsp3) is 1.00. The van der Waals surface area contributed by atoms with Crippen molar-refractivity contribution in [2.45, 2.75) is 70.2 Å². The number of nitrogens with one attached hydrogen (secondary N) is 1. The maximum absolute atomic E-state index is 11.7. The molecule has 0 saturated heterocycles. The van der Waals surface area contributed by atoms with Gasteiger partial charge in [0.25, 0.3) is 0 Å². The first-order valence-electron chi connectivity index (χ1n) is 6.54. The van der Waals surface area contributed by atoms with Crippen LogP contribution in [0.3, 0.4) is 0 Å². The summed E-state index contributed by atoms with van der Waals surface area (Å²) in [6, 6.07) is 0. The first-order valence-corrected chi connectivity index (χ1v) is 7.35. The Morgan fingerprint density at radius 2 is 1.29 bits per heavy atom. The second-order valence-electron chi connectivity index (χ2n) is 4.27. The van der Waals surface area contributed by atoms with Gasteiger partial charge >= 0.3 is 5.51 Å². The van der Waals surface area contributed by atoms with Gasteiger partial charge in [-0.25, -0.2) is 0 Å². The SMILES string of the molecule is CCCCCCCCCCCNSC(F)(F)F. The Morgan fingerprint density at radius 3 is 1.76 bits per heavy atom. The molecule has 0 fully saturated rings. The predicted molar refractivity (Wildman–Crippen MR) is 68.9 cm³/mol. The Morgan fingerprint density at radius 1 is 0.824 bits per heavy atom. The second-order valence-corrected chi connectivity index (χ2v) is 5.23. The smallest absolute Gasteiger partial charge is 0.257 e. The van der Waals surface area contributed by atoms with Gasteiger partial charge in [-0.3, -0.25) is 4.72 Å². The topological polar surface area (TPSA) is 12.0 Å². The van der Waals surface area contributed by atoms with E-state index >= 15 is 0 Å². The van der Waals surface area contributed by atoms with E-state index in [1.807, 2.05) is 0 Å². The summed E-state index contributed by atoms with van der Waals surface area (Å²) in [5.74, 6) is 0. The lowest BCUT2D eigenvalue weighted by Gasteiger charge is -2.06. The lowest BCUT2D eigenvalue weighted by molar-refractivity contribution is -0.0335. The zero-order valence-electron chi connectivity index (χ0n) is 10.6. The van der Waals surface area contributed by atoms with Gasteiger partial charge in [-0.15, -0.1) is 0 Å². The van der Waals surface area contributed by atoms with E-state index in [1.54, 1.807) is 0 Å². The minimum Gasteiger partial charge on any atom is -0.257 e. The van der Waals surface area contributed by atoms with Gasteiger partial charge in [0.1, 0.15) is 0 Å². The van der Waals surface area contributed by atoms with Crippen molar-refractivity contribution in [1.82, 2.24) is 4.72 Å². The monoisotopic (exact) mass is 271 g/mol. The van der Waals surface area contributed by atoms with E-state index in [0.717, 1.165) is 19.3 Å². The van der Waals surface area contributed by atoms with Gasteiger partial charge in [0.05, 0.1) is 0 Å². The predicted octanol–water partition coefficient (Wildman–Crippen LogP) is 5.27. The highest BCUT2D eigenvalue weighted by Gasteiger charge is 2.27. The maximum atomic E-state index is 11.7. The highest BCUT2D eigenvalue weighted by atomic mass is 32.2. The Hall–Kier alpha value is 0.100. The van der Waals surface area contributed by atoms with Gasteiger partial charge in [0, 0.05) is 18.5 Å². The Labute approximate surface area is 107 Å². The lowest BCUT2D eigenvalue weighted by Crippen LogP contribution is -2.14. The molecule has 0 unspecified atom stereocenters. The summed E-state index contributed by atoms with van der Waals surface area (Å²) >= 11 is -0.139. The van der Waals surface area contributed by atoms with Gasteiger partial charge in [-0.2, -0.15) is 13.2 Å². The third kappa shape index (κ3) is 16.1. The largest absolute Gasteiger partial charge is 0.456 e. The molecular weight excluding hydrogens is 247 g/mol. The zero-order valence-corrected chi connectivity index (χ0v) is 11.4. The van der Waals surface area contributed by atoms with Crippen LogP contribution in [0.4, 0.5) is 13.2 Å². The summed E-state index contributed by atoms with van der Waals surface area (Å²) in [5, 5.41) is 0. The molecule has 0 aliphatic rings. The number of rotatable bonds is 11. The molecule has 0 spiro atoms. The number of halogens is 3. The average molecular weight is 271 g/mol. The number of unbranched alkanes of at least 4 members (excludes halogenated alkanes) is 8. The molecule has 0 aliphatic carbocycles. The van der Waals surface area contributed by atoms with Crippen LogP contribution in [0, 0.1) is 0 Å². The van der Waals surface area contributed by atoms with E-state index < -0.39 is 5.51 Å². The second kappa shape index (κ2) is 11.2. The molecule has 1 nitrogen and oxygen atoms in total. The van der Waals surface area contributed by atoms with Crippen LogP contribution in [-0.2, 0) is 0 Å². The first-order chi connectivity index (χ1) is 8.06. The Bertz CT molecular complexity index is 162. The molecule has 0 aromatic carbocycles. The average Bonchev–Trinajstić information content (AvgIpc) is 2.24. The van der Waals surface area contributed by atoms with E-state index in [0.29, 0.717) is 6.54 Å². The number of hydrogen-bond donors (Lipinski definition) is 1. The van der Waals surface area contributed by atoms with Crippen molar-refractivity contribution in [3.05, 3.63) is 0 Å². The molecule has 0 rings (SSSR count). The Kier molecular flexibility index (Phi) is 11.3. The van der Waals surface area contributed by atoms with Crippen molar-refractivity contribution < 1.29 is 13.2 Å². The molecule has 0 aromatic heterocycles. The number of hydrogen-bond acceptors (Lipinski definition) is 2. The fourth-order valence-electron chi connectivity index (χ4n) is 1.64. The molecule has 104 valence electrons. The van der Waals surface area contributed by atoms with Gasteiger partial charge < -0.3 is 0 Å². The van der Waals surface area contributed by atoms with Gasteiger partial charge in [0.2, 0.25) is 0 Å². The van der Waals surface area contributed by atoms with Crippen molar-refractivity contribution >= 4 is 11.9 Å². The van der Waals surface area contributed by atoms with Crippen LogP contribution >= 0.6 is 11.9 Å². The molecule has 0 bridgehead atoms. The Balaban J connectivity index is 2.99. The van der Waals surface area contributed by atoms with E-state index in [-0.39, 0.29) is 11.9 Å². The van der Waals surface area contributed by atoms with Crippen LogP contribution in [0.15, 0.2) is 0 Å². The summed E-state index contributed by atoms with van der Waals surface area (Å²) in [6.07, 6.45) is 10.7. The molecular formula is C12H24F3NS. The van der Waals surface area contributed by atoms with Crippen LogP contribution in [0.1, 0.15) is 64.7 Å². The summed E-state index contributed by atoms with van der Waals surface area (Å²) in [6.45, 7) is 2.64. The standard InChI is InChI=1S/C12H24F3NS/c1-2-3-4-5-6-7-8-9-10-11-16-17-12(13,14)15/h16H,2-11H2,1H3.